The molecule has 0 saturated carbocycles. The Morgan fingerprint density at radius 3 is 2.63 bits per heavy atom. The van der Waals surface area contributed by atoms with Gasteiger partial charge in [0.2, 0.25) is 17.6 Å². The fourth-order valence-corrected chi connectivity index (χ4v) is 3.77. The minimum atomic E-state index is -0.119. The molecular weight excluding hydrogens is 380 g/mol. The Hall–Kier alpha value is -3.48. The van der Waals surface area contributed by atoms with Gasteiger partial charge in [0.15, 0.2) is 0 Å². The van der Waals surface area contributed by atoms with E-state index in [4.69, 9.17) is 4.52 Å². The summed E-state index contributed by atoms with van der Waals surface area (Å²) in [6.07, 6.45) is 1.80. The maximum absolute atomic E-state index is 13.0. The lowest BCUT2D eigenvalue weighted by molar-refractivity contribution is -0.114. The number of rotatable bonds is 4. The number of likely N-dealkylation sites (tertiary alicyclic amines) is 1. The van der Waals surface area contributed by atoms with Gasteiger partial charge in [0.25, 0.3) is 5.91 Å². The molecule has 30 heavy (non-hydrogen) atoms. The Bertz CT molecular complexity index is 1060. The SMILES string of the molecule is CC(=O)Nc1ccc(-c2noc([C@@H]3CCCN(C(=O)c4ccccc4C)C3)n2)cc1. The van der Waals surface area contributed by atoms with E-state index in [9.17, 15) is 9.59 Å². The van der Waals surface area contributed by atoms with Crippen LogP contribution in [0, 0.1) is 6.92 Å². The quantitative estimate of drug-likeness (QED) is 0.709. The number of nitrogens with zero attached hydrogens (tertiary/aromatic N) is 3. The Morgan fingerprint density at radius 2 is 1.90 bits per heavy atom. The number of carbonyl (C=O) groups excluding carboxylic acids is 2. The van der Waals surface area contributed by atoms with Gasteiger partial charge in [-0.15, -0.1) is 0 Å². The Labute approximate surface area is 175 Å². The van der Waals surface area contributed by atoms with Gasteiger partial charge >= 0.3 is 0 Å². The van der Waals surface area contributed by atoms with Gasteiger partial charge in [-0.25, -0.2) is 0 Å². The second kappa shape index (κ2) is 8.49. The summed E-state index contributed by atoms with van der Waals surface area (Å²) < 4.78 is 5.54. The summed E-state index contributed by atoms with van der Waals surface area (Å²) in [7, 11) is 0. The Morgan fingerprint density at radius 1 is 1.13 bits per heavy atom. The van der Waals surface area contributed by atoms with Gasteiger partial charge in [-0.3, -0.25) is 9.59 Å². The van der Waals surface area contributed by atoms with Gasteiger partial charge < -0.3 is 14.7 Å². The second-order valence-corrected chi connectivity index (χ2v) is 7.62. The molecular formula is C23H24N4O3. The molecule has 0 spiro atoms. The van der Waals surface area contributed by atoms with Crippen molar-refractivity contribution in [2.24, 2.45) is 0 Å². The highest BCUT2D eigenvalue weighted by atomic mass is 16.5. The molecule has 1 aliphatic rings. The van der Waals surface area contributed by atoms with E-state index in [1.54, 1.807) is 12.1 Å². The Kier molecular flexibility index (Phi) is 5.61. The molecule has 1 aliphatic heterocycles. The number of aromatic nitrogens is 2. The zero-order valence-corrected chi connectivity index (χ0v) is 17.1. The average molecular weight is 404 g/mol. The molecule has 2 aromatic carbocycles. The zero-order valence-electron chi connectivity index (χ0n) is 17.1. The van der Waals surface area contributed by atoms with E-state index in [1.165, 1.54) is 6.92 Å². The molecule has 1 aromatic heterocycles. The molecule has 2 heterocycles. The first-order chi connectivity index (χ1) is 14.5. The summed E-state index contributed by atoms with van der Waals surface area (Å²) >= 11 is 0. The van der Waals surface area contributed by atoms with Crippen LogP contribution in [-0.2, 0) is 4.79 Å². The van der Waals surface area contributed by atoms with Gasteiger partial charge in [0.1, 0.15) is 0 Å². The van der Waals surface area contributed by atoms with E-state index in [0.717, 1.165) is 36.1 Å². The van der Waals surface area contributed by atoms with Crippen molar-refractivity contribution in [3.63, 3.8) is 0 Å². The summed E-state index contributed by atoms with van der Waals surface area (Å²) in [5, 5.41) is 6.85. The lowest BCUT2D eigenvalue weighted by Gasteiger charge is -2.31. The standard InChI is InChI=1S/C23H24N4O3/c1-15-6-3-4-8-20(15)23(29)27-13-5-7-18(14-27)22-25-21(26-30-22)17-9-11-19(12-10-17)24-16(2)28/h3-4,6,8-12,18H,5,7,13-14H2,1-2H3,(H,24,28)/t18-/m1/s1. The molecule has 0 bridgehead atoms. The van der Waals surface area contributed by atoms with Crippen LogP contribution >= 0.6 is 0 Å². The van der Waals surface area contributed by atoms with E-state index >= 15 is 0 Å². The monoisotopic (exact) mass is 404 g/mol. The summed E-state index contributed by atoms with van der Waals surface area (Å²) in [4.78, 5) is 30.6. The fraction of sp³-hybridized carbons (Fsp3) is 0.304. The smallest absolute Gasteiger partial charge is 0.254 e. The topological polar surface area (TPSA) is 88.3 Å². The van der Waals surface area contributed by atoms with Crippen molar-refractivity contribution in [1.82, 2.24) is 15.0 Å². The lowest BCUT2D eigenvalue weighted by Crippen LogP contribution is -2.39. The fourth-order valence-electron chi connectivity index (χ4n) is 3.77. The third-order valence-electron chi connectivity index (χ3n) is 5.34. The number of hydrogen-bond donors (Lipinski definition) is 1. The van der Waals surface area contributed by atoms with Gasteiger partial charge in [-0.05, 0) is 55.7 Å². The van der Waals surface area contributed by atoms with Crippen LogP contribution in [0.1, 0.15) is 47.5 Å². The van der Waals surface area contributed by atoms with Crippen LogP contribution in [0.15, 0.2) is 53.1 Å². The van der Waals surface area contributed by atoms with Crippen LogP contribution in [0.5, 0.6) is 0 Å². The van der Waals surface area contributed by atoms with Crippen LogP contribution in [0.2, 0.25) is 0 Å². The van der Waals surface area contributed by atoms with Crippen LogP contribution in [0.25, 0.3) is 11.4 Å². The number of carbonyl (C=O) groups is 2. The zero-order chi connectivity index (χ0) is 21.1. The predicted octanol–water partition coefficient (Wildman–Crippen LogP) is 4.02. The van der Waals surface area contributed by atoms with Crippen molar-refractivity contribution >= 4 is 17.5 Å². The lowest BCUT2D eigenvalue weighted by atomic mass is 9.96. The maximum atomic E-state index is 13.0. The van der Waals surface area contributed by atoms with Crippen molar-refractivity contribution in [3.8, 4) is 11.4 Å². The maximum Gasteiger partial charge on any atom is 0.254 e. The highest BCUT2D eigenvalue weighted by Crippen LogP contribution is 2.29. The normalized spacial score (nSPS) is 16.3. The van der Waals surface area contributed by atoms with E-state index in [1.807, 2.05) is 48.2 Å². The van der Waals surface area contributed by atoms with Crippen molar-refractivity contribution in [2.75, 3.05) is 18.4 Å². The molecule has 0 aliphatic carbocycles. The summed E-state index contributed by atoms with van der Waals surface area (Å²) in [6.45, 7) is 4.72. The molecule has 0 radical (unpaired) electrons. The number of piperidine rings is 1. The first-order valence-electron chi connectivity index (χ1n) is 10.1. The van der Waals surface area contributed by atoms with Crippen molar-refractivity contribution in [3.05, 3.63) is 65.5 Å². The molecule has 1 atom stereocenters. The van der Waals surface area contributed by atoms with Gasteiger partial charge in [0.05, 0.1) is 5.92 Å². The van der Waals surface area contributed by atoms with Gasteiger partial charge in [-0.2, -0.15) is 4.98 Å². The van der Waals surface area contributed by atoms with Crippen molar-refractivity contribution in [1.29, 1.82) is 0 Å². The highest BCUT2D eigenvalue weighted by Gasteiger charge is 2.29. The molecule has 2 amide bonds. The molecule has 7 nitrogen and oxygen atoms in total. The van der Waals surface area contributed by atoms with E-state index in [2.05, 4.69) is 15.5 Å². The summed E-state index contributed by atoms with van der Waals surface area (Å²) in [5.74, 6) is 1.00. The first kappa shape index (κ1) is 19.8. The van der Waals surface area contributed by atoms with Gasteiger partial charge in [0, 0.05) is 36.8 Å². The number of anilines is 1. The average Bonchev–Trinajstić information content (AvgIpc) is 3.24. The van der Waals surface area contributed by atoms with E-state index in [-0.39, 0.29) is 17.7 Å². The van der Waals surface area contributed by atoms with Crippen LogP contribution in [0.4, 0.5) is 5.69 Å². The number of amides is 2. The Balaban J connectivity index is 1.47. The van der Waals surface area contributed by atoms with E-state index in [0.29, 0.717) is 23.9 Å². The van der Waals surface area contributed by atoms with Gasteiger partial charge in [-0.1, -0.05) is 23.4 Å². The minimum absolute atomic E-state index is 0.0200. The molecule has 1 N–H and O–H groups in total. The molecule has 4 rings (SSSR count). The second-order valence-electron chi connectivity index (χ2n) is 7.62. The molecule has 7 heteroatoms. The molecule has 154 valence electrons. The van der Waals surface area contributed by atoms with E-state index < -0.39 is 0 Å². The number of hydrogen-bond acceptors (Lipinski definition) is 5. The molecule has 1 saturated heterocycles. The third-order valence-corrected chi connectivity index (χ3v) is 5.34. The summed E-state index contributed by atoms with van der Waals surface area (Å²) in [6, 6.07) is 14.9. The van der Waals surface area contributed by atoms with Crippen molar-refractivity contribution < 1.29 is 14.1 Å². The van der Waals surface area contributed by atoms with Crippen LogP contribution < -0.4 is 5.32 Å². The predicted molar refractivity (Wildman–Crippen MR) is 113 cm³/mol. The van der Waals surface area contributed by atoms with Crippen LogP contribution in [0.3, 0.4) is 0 Å². The van der Waals surface area contributed by atoms with Crippen molar-refractivity contribution in [2.45, 2.75) is 32.6 Å². The number of nitrogens with one attached hydrogen (secondary N) is 1. The molecule has 3 aromatic rings. The largest absolute Gasteiger partial charge is 0.339 e. The minimum Gasteiger partial charge on any atom is -0.339 e. The first-order valence-corrected chi connectivity index (χ1v) is 10.1. The highest BCUT2D eigenvalue weighted by molar-refractivity contribution is 5.95. The molecule has 1 fully saturated rings. The number of aryl methyl sites for hydroxylation is 1. The number of benzene rings is 2. The summed E-state index contributed by atoms with van der Waals surface area (Å²) in [5.41, 5.74) is 3.24. The third kappa shape index (κ3) is 4.25. The van der Waals surface area contributed by atoms with Crippen LogP contribution in [-0.4, -0.2) is 39.9 Å². The molecule has 0 unspecified atom stereocenters.